The minimum absolute atomic E-state index is 0.00407. The Balaban J connectivity index is 1.88. The highest BCUT2D eigenvalue weighted by Crippen LogP contribution is 2.28. The first-order chi connectivity index (χ1) is 10.5. The highest BCUT2D eigenvalue weighted by Gasteiger charge is 2.32. The summed E-state index contributed by atoms with van der Waals surface area (Å²) >= 11 is 0. The summed E-state index contributed by atoms with van der Waals surface area (Å²) in [6.07, 6.45) is 1.83. The van der Waals surface area contributed by atoms with Gasteiger partial charge in [-0.1, -0.05) is 0 Å². The molecule has 0 aromatic carbocycles. The number of hydrogen-bond donors (Lipinski definition) is 0. The van der Waals surface area contributed by atoms with Crippen molar-refractivity contribution < 1.29 is 13.9 Å². The Morgan fingerprint density at radius 2 is 2.23 bits per heavy atom. The van der Waals surface area contributed by atoms with Crippen LogP contribution >= 0.6 is 0 Å². The number of carbonyl (C=O) groups is 1. The number of ether oxygens (including phenoxy) is 1. The van der Waals surface area contributed by atoms with Gasteiger partial charge in [0.2, 0.25) is 0 Å². The zero-order valence-corrected chi connectivity index (χ0v) is 13.4. The van der Waals surface area contributed by atoms with E-state index in [1.807, 2.05) is 37.9 Å². The second-order valence-corrected chi connectivity index (χ2v) is 5.69. The Labute approximate surface area is 129 Å². The number of rotatable bonds is 3. The van der Waals surface area contributed by atoms with Crippen molar-refractivity contribution in [2.45, 2.75) is 40.0 Å². The lowest BCUT2D eigenvalue weighted by Gasteiger charge is -2.34. The molecular weight excluding hydrogens is 282 g/mol. The summed E-state index contributed by atoms with van der Waals surface area (Å²) in [6, 6.07) is 1.74. The molecule has 118 valence electrons. The molecule has 6 nitrogen and oxygen atoms in total. The molecule has 22 heavy (non-hydrogen) atoms. The van der Waals surface area contributed by atoms with Crippen LogP contribution in [0.4, 0.5) is 0 Å². The van der Waals surface area contributed by atoms with Gasteiger partial charge in [-0.05, 0) is 26.8 Å². The molecule has 1 atom stereocenters. The van der Waals surface area contributed by atoms with Crippen LogP contribution in [0.2, 0.25) is 0 Å². The van der Waals surface area contributed by atoms with Crippen molar-refractivity contribution in [1.29, 1.82) is 0 Å². The second-order valence-electron chi connectivity index (χ2n) is 5.69. The Morgan fingerprint density at radius 1 is 1.45 bits per heavy atom. The highest BCUT2D eigenvalue weighted by molar-refractivity contribution is 5.95. The van der Waals surface area contributed by atoms with E-state index in [1.165, 1.54) is 0 Å². The van der Waals surface area contributed by atoms with E-state index in [0.717, 1.165) is 23.8 Å². The zero-order chi connectivity index (χ0) is 15.9. The van der Waals surface area contributed by atoms with Gasteiger partial charge < -0.3 is 18.6 Å². The fraction of sp³-hybridized carbons (Fsp3) is 0.500. The van der Waals surface area contributed by atoms with Crippen LogP contribution in [0.15, 0.2) is 16.7 Å². The number of nitrogens with zero attached hydrogens (tertiary/aromatic N) is 3. The van der Waals surface area contributed by atoms with Gasteiger partial charge in [0.1, 0.15) is 17.3 Å². The monoisotopic (exact) mass is 303 g/mol. The molecule has 1 aliphatic heterocycles. The van der Waals surface area contributed by atoms with Crippen LogP contribution < -0.4 is 0 Å². The summed E-state index contributed by atoms with van der Waals surface area (Å²) < 4.78 is 12.8. The van der Waals surface area contributed by atoms with Gasteiger partial charge in [-0.3, -0.25) is 4.79 Å². The highest BCUT2D eigenvalue weighted by atomic mass is 16.5. The number of amides is 1. The Bertz CT molecular complexity index is 702. The molecule has 3 rings (SSSR count). The molecule has 0 aliphatic carbocycles. The predicted octanol–water partition coefficient (Wildman–Crippen LogP) is 2.46. The molecule has 0 N–H and O–H groups in total. The normalized spacial score (nSPS) is 17.6. The van der Waals surface area contributed by atoms with Gasteiger partial charge in [-0.2, -0.15) is 0 Å². The van der Waals surface area contributed by atoms with Gasteiger partial charge >= 0.3 is 0 Å². The number of aryl methyl sites for hydroxylation is 2. The van der Waals surface area contributed by atoms with Gasteiger partial charge in [0.05, 0.1) is 30.1 Å². The van der Waals surface area contributed by atoms with Crippen LogP contribution in [0.25, 0.3) is 0 Å². The maximum atomic E-state index is 12.8. The third kappa shape index (κ3) is 2.33. The average Bonchev–Trinajstić information content (AvgIpc) is 3.03. The number of fused-ring (bicyclic) bond motifs is 1. The van der Waals surface area contributed by atoms with Crippen molar-refractivity contribution in [2.75, 3.05) is 13.7 Å². The third-order valence-corrected chi connectivity index (χ3v) is 4.20. The first-order valence-electron chi connectivity index (χ1n) is 7.44. The Hall–Kier alpha value is -2.08. The summed E-state index contributed by atoms with van der Waals surface area (Å²) in [6.45, 7) is 7.62. The van der Waals surface area contributed by atoms with Gasteiger partial charge in [0, 0.05) is 20.2 Å². The fourth-order valence-corrected chi connectivity index (χ4v) is 3.10. The number of aromatic nitrogens is 2. The van der Waals surface area contributed by atoms with Crippen molar-refractivity contribution in [3.8, 4) is 0 Å². The van der Waals surface area contributed by atoms with E-state index in [0.29, 0.717) is 24.5 Å². The summed E-state index contributed by atoms with van der Waals surface area (Å²) in [7, 11) is 1.67. The van der Waals surface area contributed by atoms with Crippen LogP contribution in [0, 0.1) is 13.8 Å². The number of hydrogen-bond acceptors (Lipinski definition) is 4. The van der Waals surface area contributed by atoms with E-state index >= 15 is 0 Å². The van der Waals surface area contributed by atoms with Crippen molar-refractivity contribution >= 4 is 5.91 Å². The van der Waals surface area contributed by atoms with Gasteiger partial charge in [-0.25, -0.2) is 4.98 Å². The van der Waals surface area contributed by atoms with E-state index in [2.05, 4.69) is 9.55 Å². The molecular formula is C16H21N3O3. The molecule has 2 aromatic rings. The molecule has 0 spiro atoms. The van der Waals surface area contributed by atoms with Crippen LogP contribution in [0.1, 0.15) is 46.4 Å². The molecule has 0 fully saturated rings. The van der Waals surface area contributed by atoms with Crippen molar-refractivity contribution in [2.24, 2.45) is 0 Å². The standard InChI is InChI=1S/C16H21N3O3/c1-10-7-14(12(3)22-10)16(20)18-5-6-19-13(9-21-4)8-17-15(19)11(18)2/h7-8,11H,5-6,9H2,1-4H3. The van der Waals surface area contributed by atoms with E-state index in [4.69, 9.17) is 9.15 Å². The molecule has 6 heteroatoms. The average molecular weight is 303 g/mol. The molecule has 1 amide bonds. The Kier molecular flexibility index (Phi) is 3.78. The molecule has 1 unspecified atom stereocenters. The first-order valence-corrected chi connectivity index (χ1v) is 7.44. The summed E-state index contributed by atoms with van der Waals surface area (Å²) in [4.78, 5) is 19.1. The predicted molar refractivity (Wildman–Crippen MR) is 80.6 cm³/mol. The minimum Gasteiger partial charge on any atom is -0.466 e. The topological polar surface area (TPSA) is 60.5 Å². The zero-order valence-electron chi connectivity index (χ0n) is 13.4. The maximum absolute atomic E-state index is 12.8. The van der Waals surface area contributed by atoms with Gasteiger partial charge in [0.25, 0.3) is 5.91 Å². The molecule has 0 saturated carbocycles. The van der Waals surface area contributed by atoms with Gasteiger partial charge in [-0.15, -0.1) is 0 Å². The second kappa shape index (κ2) is 5.61. The van der Waals surface area contributed by atoms with Crippen LogP contribution in [0.3, 0.4) is 0 Å². The van der Waals surface area contributed by atoms with E-state index in [-0.39, 0.29) is 11.9 Å². The van der Waals surface area contributed by atoms with Crippen molar-refractivity contribution in [3.63, 3.8) is 0 Å². The smallest absolute Gasteiger partial charge is 0.258 e. The fourth-order valence-electron chi connectivity index (χ4n) is 3.10. The minimum atomic E-state index is -0.0681. The lowest BCUT2D eigenvalue weighted by Crippen LogP contribution is -2.41. The summed E-state index contributed by atoms with van der Waals surface area (Å²) in [5, 5.41) is 0. The molecule has 0 bridgehead atoms. The van der Waals surface area contributed by atoms with Crippen LogP contribution in [-0.2, 0) is 17.9 Å². The Morgan fingerprint density at radius 3 is 2.86 bits per heavy atom. The summed E-state index contributed by atoms with van der Waals surface area (Å²) in [5.74, 6) is 2.34. The lowest BCUT2D eigenvalue weighted by atomic mass is 10.1. The van der Waals surface area contributed by atoms with Crippen LogP contribution in [0.5, 0.6) is 0 Å². The van der Waals surface area contributed by atoms with Gasteiger partial charge in [0.15, 0.2) is 0 Å². The quantitative estimate of drug-likeness (QED) is 0.874. The van der Waals surface area contributed by atoms with E-state index < -0.39 is 0 Å². The number of furan rings is 1. The summed E-state index contributed by atoms with van der Waals surface area (Å²) in [5.41, 5.74) is 1.69. The van der Waals surface area contributed by atoms with E-state index in [1.54, 1.807) is 7.11 Å². The molecule has 2 aromatic heterocycles. The third-order valence-electron chi connectivity index (χ3n) is 4.20. The van der Waals surface area contributed by atoms with Crippen molar-refractivity contribution in [3.05, 3.63) is 40.9 Å². The van der Waals surface area contributed by atoms with Crippen LogP contribution in [-0.4, -0.2) is 34.0 Å². The molecule has 1 aliphatic rings. The molecule has 0 saturated heterocycles. The van der Waals surface area contributed by atoms with Crippen molar-refractivity contribution in [1.82, 2.24) is 14.5 Å². The molecule has 3 heterocycles. The number of methoxy groups -OCH3 is 1. The molecule has 0 radical (unpaired) electrons. The maximum Gasteiger partial charge on any atom is 0.258 e. The SMILES string of the molecule is COCc1cnc2n1CCN(C(=O)c1cc(C)oc1C)C2C. The largest absolute Gasteiger partial charge is 0.466 e. The number of imidazole rings is 1. The first kappa shape index (κ1) is 14.8. The lowest BCUT2D eigenvalue weighted by molar-refractivity contribution is 0.0630. The number of carbonyl (C=O) groups excluding carboxylic acids is 1. The van der Waals surface area contributed by atoms with E-state index in [9.17, 15) is 4.79 Å².